The van der Waals surface area contributed by atoms with Crippen LogP contribution in [0.1, 0.15) is 50.3 Å². The molecule has 0 aliphatic carbocycles. The van der Waals surface area contributed by atoms with Gasteiger partial charge in [0.1, 0.15) is 0 Å². The Kier molecular flexibility index (Phi) is 7.38. The van der Waals surface area contributed by atoms with Gasteiger partial charge in [-0.1, -0.05) is 74.5 Å². The fourth-order valence-electron chi connectivity index (χ4n) is 4.15. The van der Waals surface area contributed by atoms with Gasteiger partial charge in [0.25, 0.3) is 5.69 Å². The molecule has 4 rings (SSSR count). The Hall–Kier alpha value is -3.51. The second-order valence-corrected chi connectivity index (χ2v) is 9.62. The molecule has 4 aromatic rings. The van der Waals surface area contributed by atoms with Crippen molar-refractivity contribution < 1.29 is 4.92 Å². The number of thiazole rings is 1. The zero-order valence-electron chi connectivity index (χ0n) is 19.7. The fourth-order valence-corrected chi connectivity index (χ4v) is 5.16. The van der Waals surface area contributed by atoms with E-state index in [0.717, 1.165) is 34.6 Å². The third-order valence-electron chi connectivity index (χ3n) is 6.00. The molecule has 1 aromatic heterocycles. The molecule has 1 heterocycles. The summed E-state index contributed by atoms with van der Waals surface area (Å²) in [5.41, 5.74) is 5.34. The van der Waals surface area contributed by atoms with Crippen LogP contribution < -0.4 is 4.80 Å². The van der Waals surface area contributed by atoms with Crippen molar-refractivity contribution in [1.29, 1.82) is 0 Å². The Balaban J connectivity index is 1.81. The first-order chi connectivity index (χ1) is 16.4. The van der Waals surface area contributed by atoms with Crippen molar-refractivity contribution in [2.45, 2.75) is 45.6 Å². The molecule has 0 spiro atoms. The normalized spacial score (nSPS) is 12.8. The first-order valence-electron chi connectivity index (χ1n) is 11.6. The molecule has 0 radical (unpaired) electrons. The number of rotatable bonds is 8. The summed E-state index contributed by atoms with van der Waals surface area (Å²) >= 11 is 1.58. The average molecular weight is 472 g/mol. The molecule has 1 unspecified atom stereocenters. The van der Waals surface area contributed by atoms with E-state index in [1.165, 1.54) is 17.2 Å². The molecule has 0 N–H and O–H groups in total. The van der Waals surface area contributed by atoms with Gasteiger partial charge in [-0.3, -0.25) is 10.1 Å². The number of hydrogen-bond donors (Lipinski definition) is 0. The maximum Gasteiger partial charge on any atom is 0.270 e. The number of para-hydroxylation sites is 1. The van der Waals surface area contributed by atoms with Crippen LogP contribution in [0.3, 0.4) is 0 Å². The summed E-state index contributed by atoms with van der Waals surface area (Å²) in [5, 5.41) is 13.5. The Morgan fingerprint density at radius 2 is 1.71 bits per heavy atom. The predicted molar refractivity (Wildman–Crippen MR) is 140 cm³/mol. The summed E-state index contributed by atoms with van der Waals surface area (Å²) in [6.45, 7) is 6.55. The van der Waals surface area contributed by atoms with Gasteiger partial charge < -0.3 is 4.57 Å². The first kappa shape index (κ1) is 23.6. The van der Waals surface area contributed by atoms with Crippen LogP contribution in [0.15, 0.2) is 89.2 Å². The minimum absolute atomic E-state index is 0.0934. The summed E-state index contributed by atoms with van der Waals surface area (Å²) in [6, 6.07) is 25.7. The second kappa shape index (κ2) is 10.6. The van der Waals surface area contributed by atoms with Crippen LogP contribution in [-0.2, 0) is 6.42 Å². The molecule has 0 saturated carbocycles. The van der Waals surface area contributed by atoms with Crippen molar-refractivity contribution >= 4 is 22.7 Å². The van der Waals surface area contributed by atoms with Crippen LogP contribution in [0.5, 0.6) is 0 Å². The van der Waals surface area contributed by atoms with E-state index in [1.54, 1.807) is 23.5 Å². The van der Waals surface area contributed by atoms with Crippen molar-refractivity contribution in [2.75, 3.05) is 0 Å². The van der Waals surface area contributed by atoms with Gasteiger partial charge in [-0.15, -0.1) is 11.3 Å². The molecule has 0 aliphatic rings. The van der Waals surface area contributed by atoms with Crippen LogP contribution in [-0.4, -0.2) is 9.49 Å². The van der Waals surface area contributed by atoms with E-state index in [1.807, 2.05) is 24.3 Å². The van der Waals surface area contributed by atoms with E-state index < -0.39 is 0 Å². The molecule has 0 saturated heterocycles. The highest BCUT2D eigenvalue weighted by molar-refractivity contribution is 7.07. The molecule has 0 aliphatic heterocycles. The van der Waals surface area contributed by atoms with E-state index in [0.29, 0.717) is 5.92 Å². The zero-order valence-corrected chi connectivity index (χ0v) is 20.5. The topological polar surface area (TPSA) is 60.4 Å². The van der Waals surface area contributed by atoms with Crippen LogP contribution in [0, 0.1) is 10.1 Å². The van der Waals surface area contributed by atoms with E-state index in [4.69, 9.17) is 4.99 Å². The van der Waals surface area contributed by atoms with Crippen molar-refractivity contribution in [3.05, 3.63) is 110 Å². The van der Waals surface area contributed by atoms with Crippen LogP contribution in [0.2, 0.25) is 0 Å². The van der Waals surface area contributed by atoms with Gasteiger partial charge in [0.2, 0.25) is 0 Å². The molecule has 1 atom stereocenters. The molecule has 5 nitrogen and oxygen atoms in total. The summed E-state index contributed by atoms with van der Waals surface area (Å²) < 4.78 is 2.24. The third-order valence-corrected chi connectivity index (χ3v) is 6.84. The number of hydrogen-bond acceptors (Lipinski definition) is 4. The van der Waals surface area contributed by atoms with Gasteiger partial charge in [-0.2, -0.15) is 0 Å². The van der Waals surface area contributed by atoms with E-state index in [2.05, 4.69) is 67.1 Å². The van der Waals surface area contributed by atoms with Gasteiger partial charge in [0.15, 0.2) is 4.80 Å². The quantitative estimate of drug-likeness (QED) is 0.195. The van der Waals surface area contributed by atoms with E-state index in [-0.39, 0.29) is 16.7 Å². The maximum absolute atomic E-state index is 11.4. The average Bonchev–Trinajstić information content (AvgIpc) is 3.27. The number of nitro groups is 1. The lowest BCUT2D eigenvalue weighted by Gasteiger charge is -2.18. The first-order valence-corrected chi connectivity index (χ1v) is 12.4. The SMILES string of the molecule is CC(C)c1ccccc1N=c1scc(-c2cccc([N+](=O)[O-])c2)n1C(C)CCc1ccccc1. The molecule has 3 aromatic carbocycles. The molecular formula is C28H29N3O2S. The summed E-state index contributed by atoms with van der Waals surface area (Å²) in [6.07, 6.45) is 1.88. The highest BCUT2D eigenvalue weighted by atomic mass is 32.1. The number of nitro benzene ring substituents is 1. The number of aromatic nitrogens is 1. The van der Waals surface area contributed by atoms with Gasteiger partial charge in [-0.25, -0.2) is 4.99 Å². The second-order valence-electron chi connectivity index (χ2n) is 8.78. The highest BCUT2D eigenvalue weighted by Crippen LogP contribution is 2.30. The van der Waals surface area contributed by atoms with Gasteiger partial charge in [-0.05, 0) is 42.9 Å². The third kappa shape index (κ3) is 5.34. The Bertz CT molecular complexity index is 1340. The van der Waals surface area contributed by atoms with Gasteiger partial charge in [0, 0.05) is 29.1 Å². The van der Waals surface area contributed by atoms with Crippen molar-refractivity contribution in [2.24, 2.45) is 4.99 Å². The van der Waals surface area contributed by atoms with Crippen molar-refractivity contribution in [3.63, 3.8) is 0 Å². The van der Waals surface area contributed by atoms with Crippen LogP contribution in [0.25, 0.3) is 11.3 Å². The lowest BCUT2D eigenvalue weighted by atomic mass is 10.0. The maximum atomic E-state index is 11.4. The van der Waals surface area contributed by atoms with Crippen LogP contribution in [0.4, 0.5) is 11.4 Å². The summed E-state index contributed by atoms with van der Waals surface area (Å²) in [7, 11) is 0. The predicted octanol–water partition coefficient (Wildman–Crippen LogP) is 7.67. The number of non-ortho nitro benzene ring substituents is 1. The Morgan fingerprint density at radius 1 is 0.971 bits per heavy atom. The molecule has 174 valence electrons. The molecular weight excluding hydrogens is 442 g/mol. The monoisotopic (exact) mass is 471 g/mol. The summed E-state index contributed by atoms with van der Waals surface area (Å²) in [4.78, 5) is 17.0. The molecule has 0 fully saturated rings. The number of aryl methyl sites for hydroxylation is 1. The van der Waals surface area contributed by atoms with Crippen LogP contribution >= 0.6 is 11.3 Å². The van der Waals surface area contributed by atoms with Crippen molar-refractivity contribution in [3.8, 4) is 11.3 Å². The molecule has 0 amide bonds. The lowest BCUT2D eigenvalue weighted by Crippen LogP contribution is -2.20. The standard InChI is InChI=1S/C28H29N3O2S/c1-20(2)25-14-7-8-15-26(25)29-28-30(21(3)16-17-22-10-5-4-6-11-22)27(19-34-28)23-12-9-13-24(18-23)31(32)33/h4-15,18-21H,16-17H2,1-3H3. The lowest BCUT2D eigenvalue weighted by molar-refractivity contribution is -0.384. The minimum Gasteiger partial charge on any atom is -0.314 e. The molecule has 0 bridgehead atoms. The zero-order chi connectivity index (χ0) is 24.1. The Morgan fingerprint density at radius 3 is 2.44 bits per heavy atom. The fraction of sp³-hybridized carbons (Fsp3) is 0.250. The summed E-state index contributed by atoms with van der Waals surface area (Å²) in [5.74, 6) is 0.361. The number of benzene rings is 3. The molecule has 6 heteroatoms. The van der Waals surface area contributed by atoms with Crippen molar-refractivity contribution in [1.82, 2.24) is 4.57 Å². The highest BCUT2D eigenvalue weighted by Gasteiger charge is 2.17. The van der Waals surface area contributed by atoms with Gasteiger partial charge >= 0.3 is 0 Å². The van der Waals surface area contributed by atoms with E-state index >= 15 is 0 Å². The number of nitrogens with zero attached hydrogens (tertiary/aromatic N) is 3. The van der Waals surface area contributed by atoms with E-state index in [9.17, 15) is 10.1 Å². The minimum atomic E-state index is -0.344. The smallest absolute Gasteiger partial charge is 0.270 e. The largest absolute Gasteiger partial charge is 0.314 e. The Labute approximate surface area is 204 Å². The van der Waals surface area contributed by atoms with Gasteiger partial charge in [0.05, 0.1) is 16.3 Å². The molecule has 34 heavy (non-hydrogen) atoms.